The molecule has 0 bridgehead atoms. The van der Waals surface area contributed by atoms with Crippen molar-refractivity contribution in [3.63, 3.8) is 0 Å². The molecule has 176 valence electrons. The lowest BCUT2D eigenvalue weighted by Gasteiger charge is -2.33. The van der Waals surface area contributed by atoms with Crippen LogP contribution in [0.4, 0.5) is 4.79 Å². The topological polar surface area (TPSA) is 83.8 Å². The third-order valence-electron chi connectivity index (χ3n) is 5.67. The maximum absolute atomic E-state index is 12.2. The molecule has 1 aromatic heterocycles. The van der Waals surface area contributed by atoms with Gasteiger partial charge in [0.15, 0.2) is 5.96 Å². The van der Waals surface area contributed by atoms with E-state index in [1.54, 1.807) is 0 Å². The number of carbonyl (C=O) groups is 1. The van der Waals surface area contributed by atoms with Gasteiger partial charge in [-0.2, -0.15) is 5.10 Å². The zero-order valence-electron chi connectivity index (χ0n) is 20.7. The Bertz CT molecular complexity index is 757. The predicted octanol–water partition coefficient (Wildman–Crippen LogP) is 3.17. The number of ether oxygens (including phenoxy) is 1. The van der Waals surface area contributed by atoms with Crippen molar-refractivity contribution in [1.82, 2.24) is 25.3 Å². The molecule has 1 aliphatic rings. The third kappa shape index (κ3) is 7.74. The van der Waals surface area contributed by atoms with Crippen LogP contribution in [0.3, 0.4) is 0 Å². The van der Waals surface area contributed by atoms with Gasteiger partial charge in [0.05, 0.1) is 5.69 Å². The van der Waals surface area contributed by atoms with Gasteiger partial charge in [-0.15, -0.1) is 0 Å². The average Bonchev–Trinajstić information content (AvgIpc) is 2.91. The summed E-state index contributed by atoms with van der Waals surface area (Å²) >= 11 is 0. The molecule has 8 heteroatoms. The monoisotopic (exact) mass is 434 g/mol. The summed E-state index contributed by atoms with van der Waals surface area (Å²) in [5.41, 5.74) is 3.15. The first-order valence-electron chi connectivity index (χ1n) is 11.5. The van der Waals surface area contributed by atoms with Crippen molar-refractivity contribution in [3.05, 3.63) is 17.0 Å². The number of amides is 1. The Morgan fingerprint density at radius 1 is 1.29 bits per heavy atom. The Morgan fingerprint density at radius 2 is 1.94 bits per heavy atom. The van der Waals surface area contributed by atoms with Crippen molar-refractivity contribution >= 4 is 12.1 Å². The quantitative estimate of drug-likeness (QED) is 0.531. The predicted molar refractivity (Wildman–Crippen MR) is 125 cm³/mol. The second-order valence-electron chi connectivity index (χ2n) is 9.65. The molecule has 0 radical (unpaired) electrons. The molecular weight excluding hydrogens is 392 g/mol. The first-order valence-corrected chi connectivity index (χ1v) is 11.5. The van der Waals surface area contributed by atoms with Crippen molar-refractivity contribution < 1.29 is 9.53 Å². The van der Waals surface area contributed by atoms with E-state index in [-0.39, 0.29) is 12.1 Å². The standard InChI is InChI=1S/C23H42N6O2/c1-9-24-21(26-16(2)14-20-17(3)27-28(8)18(20)4)25-15-19-10-12-29(13-11-19)22(30)31-23(5,6)7/h16,19H,9-15H2,1-8H3,(H2,24,25,26). The van der Waals surface area contributed by atoms with Crippen LogP contribution in [-0.4, -0.2) is 64.6 Å². The number of guanidine groups is 1. The highest BCUT2D eigenvalue weighted by atomic mass is 16.6. The number of piperidine rings is 1. The minimum absolute atomic E-state index is 0.209. The lowest BCUT2D eigenvalue weighted by molar-refractivity contribution is 0.0187. The SMILES string of the molecule is CCNC(=NCC1CCN(C(=O)OC(C)(C)C)CC1)NC(C)Cc1c(C)nn(C)c1C. The molecular formula is C23H42N6O2. The van der Waals surface area contributed by atoms with Gasteiger partial charge in [0, 0.05) is 45.0 Å². The van der Waals surface area contributed by atoms with Gasteiger partial charge in [0.25, 0.3) is 0 Å². The van der Waals surface area contributed by atoms with Crippen LogP contribution in [0, 0.1) is 19.8 Å². The molecule has 1 unspecified atom stereocenters. The number of aromatic nitrogens is 2. The van der Waals surface area contributed by atoms with Crippen LogP contribution in [0.2, 0.25) is 0 Å². The van der Waals surface area contributed by atoms with Crippen LogP contribution in [0.25, 0.3) is 0 Å². The molecule has 0 aliphatic carbocycles. The fourth-order valence-electron chi connectivity index (χ4n) is 3.87. The molecule has 2 N–H and O–H groups in total. The molecule has 2 rings (SSSR count). The zero-order chi connectivity index (χ0) is 23.2. The number of hydrogen-bond acceptors (Lipinski definition) is 4. The van der Waals surface area contributed by atoms with Gasteiger partial charge in [-0.3, -0.25) is 9.67 Å². The molecule has 1 fully saturated rings. The van der Waals surface area contributed by atoms with Gasteiger partial charge in [-0.05, 0) is 79.2 Å². The van der Waals surface area contributed by atoms with E-state index in [4.69, 9.17) is 9.73 Å². The zero-order valence-corrected chi connectivity index (χ0v) is 20.7. The molecule has 1 atom stereocenters. The number of rotatable bonds is 6. The molecule has 1 aromatic rings. The van der Waals surface area contributed by atoms with E-state index in [2.05, 4.69) is 43.4 Å². The van der Waals surface area contributed by atoms with Crippen molar-refractivity contribution in [3.8, 4) is 0 Å². The van der Waals surface area contributed by atoms with Crippen molar-refractivity contribution in [2.75, 3.05) is 26.2 Å². The summed E-state index contributed by atoms with van der Waals surface area (Å²) in [6, 6.07) is 0.244. The molecule has 2 heterocycles. The van der Waals surface area contributed by atoms with Gasteiger partial charge in [0.2, 0.25) is 0 Å². The second kappa shape index (κ2) is 10.9. The normalized spacial score (nSPS) is 16.9. The van der Waals surface area contributed by atoms with E-state index in [0.717, 1.165) is 57.1 Å². The van der Waals surface area contributed by atoms with Crippen LogP contribution < -0.4 is 10.6 Å². The smallest absolute Gasteiger partial charge is 0.410 e. The first kappa shape index (κ1) is 25.0. The minimum atomic E-state index is -0.450. The Kier molecular flexibility index (Phi) is 8.77. The Balaban J connectivity index is 1.86. The molecule has 1 saturated heterocycles. The molecule has 1 aliphatic heterocycles. The van der Waals surface area contributed by atoms with Crippen LogP contribution in [0.5, 0.6) is 0 Å². The molecule has 0 aromatic carbocycles. The summed E-state index contributed by atoms with van der Waals surface area (Å²) in [4.78, 5) is 18.9. The second-order valence-corrected chi connectivity index (χ2v) is 9.65. The van der Waals surface area contributed by atoms with Crippen LogP contribution in [0.1, 0.15) is 64.4 Å². The molecule has 1 amide bonds. The summed E-state index contributed by atoms with van der Waals surface area (Å²) in [6.45, 7) is 17.2. The number of aryl methyl sites for hydroxylation is 2. The summed E-state index contributed by atoms with van der Waals surface area (Å²) in [5, 5.41) is 11.4. The maximum Gasteiger partial charge on any atom is 0.410 e. The van der Waals surface area contributed by atoms with E-state index in [1.165, 1.54) is 11.3 Å². The summed E-state index contributed by atoms with van der Waals surface area (Å²) in [7, 11) is 1.99. The number of nitrogens with zero attached hydrogens (tertiary/aromatic N) is 4. The Hall–Kier alpha value is -2.25. The van der Waals surface area contributed by atoms with Gasteiger partial charge >= 0.3 is 6.09 Å². The van der Waals surface area contributed by atoms with E-state index in [9.17, 15) is 4.79 Å². The highest BCUT2D eigenvalue weighted by Crippen LogP contribution is 2.20. The van der Waals surface area contributed by atoms with Gasteiger partial charge < -0.3 is 20.3 Å². The number of hydrogen-bond donors (Lipinski definition) is 2. The fourth-order valence-corrected chi connectivity index (χ4v) is 3.87. The Labute approximate surface area is 187 Å². The maximum atomic E-state index is 12.2. The van der Waals surface area contributed by atoms with E-state index >= 15 is 0 Å². The van der Waals surface area contributed by atoms with Crippen LogP contribution in [-0.2, 0) is 18.2 Å². The van der Waals surface area contributed by atoms with E-state index in [0.29, 0.717) is 5.92 Å². The third-order valence-corrected chi connectivity index (χ3v) is 5.67. The molecule has 8 nitrogen and oxygen atoms in total. The summed E-state index contributed by atoms with van der Waals surface area (Å²) < 4.78 is 7.43. The van der Waals surface area contributed by atoms with Crippen molar-refractivity contribution in [2.24, 2.45) is 18.0 Å². The number of carbonyl (C=O) groups excluding carboxylic acids is 1. The highest BCUT2D eigenvalue weighted by Gasteiger charge is 2.26. The van der Waals surface area contributed by atoms with Gasteiger partial charge in [-0.1, -0.05) is 0 Å². The Morgan fingerprint density at radius 3 is 2.45 bits per heavy atom. The summed E-state index contributed by atoms with van der Waals surface area (Å²) in [5.74, 6) is 1.33. The molecule has 0 spiro atoms. The van der Waals surface area contributed by atoms with Crippen LogP contribution in [0.15, 0.2) is 4.99 Å². The number of aliphatic imine (C=N–C) groups is 1. The lowest BCUT2D eigenvalue weighted by atomic mass is 9.97. The fraction of sp³-hybridized carbons (Fsp3) is 0.783. The van der Waals surface area contributed by atoms with E-state index < -0.39 is 5.60 Å². The molecule has 0 saturated carbocycles. The number of likely N-dealkylation sites (tertiary alicyclic amines) is 1. The van der Waals surface area contributed by atoms with Gasteiger partial charge in [-0.25, -0.2) is 4.79 Å². The highest BCUT2D eigenvalue weighted by molar-refractivity contribution is 5.80. The average molecular weight is 435 g/mol. The lowest BCUT2D eigenvalue weighted by Crippen LogP contribution is -2.44. The molecule has 31 heavy (non-hydrogen) atoms. The summed E-state index contributed by atoms with van der Waals surface area (Å²) in [6.07, 6.45) is 2.60. The van der Waals surface area contributed by atoms with Crippen molar-refractivity contribution in [2.45, 2.75) is 79.4 Å². The van der Waals surface area contributed by atoms with Crippen LogP contribution >= 0.6 is 0 Å². The van der Waals surface area contributed by atoms with Crippen molar-refractivity contribution in [1.29, 1.82) is 0 Å². The largest absolute Gasteiger partial charge is 0.444 e. The first-order chi connectivity index (χ1) is 14.5. The van der Waals surface area contributed by atoms with Gasteiger partial charge in [0.1, 0.15) is 5.60 Å². The number of nitrogens with one attached hydrogen (secondary N) is 2. The minimum Gasteiger partial charge on any atom is -0.444 e. The van der Waals surface area contributed by atoms with E-state index in [1.807, 2.05) is 37.4 Å².